The Kier molecular flexibility index (Phi) is 2.22. The molecule has 1 nitrogen and oxygen atoms in total. The van der Waals surface area contributed by atoms with Gasteiger partial charge in [0.15, 0.2) is 0 Å². The summed E-state index contributed by atoms with van der Waals surface area (Å²) in [4.78, 5) is 3.88. The lowest BCUT2D eigenvalue weighted by molar-refractivity contribution is 0.622. The van der Waals surface area contributed by atoms with Crippen molar-refractivity contribution in [2.45, 2.75) is 13.3 Å². The van der Waals surface area contributed by atoms with Crippen LogP contribution >= 0.6 is 11.6 Å². The number of aromatic nitrogens is 1. The van der Waals surface area contributed by atoms with E-state index in [0.29, 0.717) is 12.1 Å². The standard InChI is InChI=1S/C7H7ClFN/c1-2-6-3-5(9)4-7(8)10-6/h3-4H,2H2,1H3. The van der Waals surface area contributed by atoms with E-state index >= 15 is 0 Å². The Morgan fingerprint density at radius 3 is 2.80 bits per heavy atom. The normalized spacial score (nSPS) is 9.90. The molecule has 0 fully saturated rings. The number of aryl methyl sites for hydroxylation is 1. The fourth-order valence-corrected chi connectivity index (χ4v) is 0.910. The summed E-state index contributed by atoms with van der Waals surface area (Å²) in [6.07, 6.45) is 0.706. The van der Waals surface area contributed by atoms with Crippen LogP contribution in [0.2, 0.25) is 5.15 Å². The number of halogens is 2. The van der Waals surface area contributed by atoms with E-state index in [9.17, 15) is 4.39 Å². The first kappa shape index (κ1) is 7.48. The van der Waals surface area contributed by atoms with Crippen molar-refractivity contribution in [3.63, 3.8) is 0 Å². The minimum atomic E-state index is -0.322. The van der Waals surface area contributed by atoms with Crippen LogP contribution in [0.15, 0.2) is 12.1 Å². The molecule has 1 aromatic heterocycles. The number of hydrogen-bond acceptors (Lipinski definition) is 1. The zero-order chi connectivity index (χ0) is 7.56. The summed E-state index contributed by atoms with van der Waals surface area (Å²) >= 11 is 5.48. The van der Waals surface area contributed by atoms with Gasteiger partial charge in [0.2, 0.25) is 0 Å². The van der Waals surface area contributed by atoms with Gasteiger partial charge in [-0.1, -0.05) is 18.5 Å². The lowest BCUT2D eigenvalue weighted by Gasteiger charge is -1.95. The topological polar surface area (TPSA) is 12.9 Å². The van der Waals surface area contributed by atoms with Crippen molar-refractivity contribution in [1.82, 2.24) is 4.98 Å². The minimum absolute atomic E-state index is 0.219. The molecule has 1 rings (SSSR count). The Morgan fingerprint density at radius 1 is 1.60 bits per heavy atom. The molecular weight excluding hydrogens is 153 g/mol. The van der Waals surface area contributed by atoms with E-state index in [0.717, 1.165) is 0 Å². The van der Waals surface area contributed by atoms with Crippen molar-refractivity contribution in [2.24, 2.45) is 0 Å². The van der Waals surface area contributed by atoms with Crippen molar-refractivity contribution in [3.05, 3.63) is 28.8 Å². The molecular formula is C7H7ClFN. The second kappa shape index (κ2) is 2.97. The smallest absolute Gasteiger partial charge is 0.132 e. The van der Waals surface area contributed by atoms with Gasteiger partial charge in [-0.2, -0.15) is 0 Å². The van der Waals surface area contributed by atoms with Gasteiger partial charge in [0.25, 0.3) is 0 Å². The number of hydrogen-bond donors (Lipinski definition) is 0. The first-order valence-corrected chi connectivity index (χ1v) is 3.42. The molecule has 0 bridgehead atoms. The van der Waals surface area contributed by atoms with Gasteiger partial charge >= 0.3 is 0 Å². The molecule has 0 amide bonds. The van der Waals surface area contributed by atoms with Crippen LogP contribution in [0.25, 0.3) is 0 Å². The Bertz CT molecular complexity index is 217. The number of nitrogens with zero attached hydrogens (tertiary/aromatic N) is 1. The van der Waals surface area contributed by atoms with E-state index in [-0.39, 0.29) is 11.0 Å². The molecule has 1 aromatic rings. The Hall–Kier alpha value is -0.630. The van der Waals surface area contributed by atoms with Crippen molar-refractivity contribution >= 4 is 11.6 Å². The van der Waals surface area contributed by atoms with Gasteiger partial charge in [-0.25, -0.2) is 9.37 Å². The number of pyridine rings is 1. The van der Waals surface area contributed by atoms with E-state index in [1.54, 1.807) is 0 Å². The fourth-order valence-electron chi connectivity index (χ4n) is 0.697. The maximum Gasteiger partial charge on any atom is 0.132 e. The maximum absolute atomic E-state index is 12.5. The lowest BCUT2D eigenvalue weighted by atomic mass is 10.3. The third-order valence-corrected chi connectivity index (χ3v) is 1.37. The van der Waals surface area contributed by atoms with Crippen LogP contribution in [0.1, 0.15) is 12.6 Å². The molecule has 0 saturated carbocycles. The lowest BCUT2D eigenvalue weighted by Crippen LogP contribution is -1.88. The van der Waals surface area contributed by atoms with Crippen molar-refractivity contribution in [1.29, 1.82) is 0 Å². The largest absolute Gasteiger partial charge is 0.241 e. The Labute approximate surface area is 63.8 Å². The first-order chi connectivity index (χ1) is 4.72. The molecule has 1 heterocycles. The van der Waals surface area contributed by atoms with Crippen LogP contribution in [-0.4, -0.2) is 4.98 Å². The summed E-state index contributed by atoms with van der Waals surface area (Å²) < 4.78 is 12.5. The zero-order valence-corrected chi connectivity index (χ0v) is 6.32. The molecule has 54 valence electrons. The monoisotopic (exact) mass is 159 g/mol. The molecule has 0 atom stereocenters. The van der Waals surface area contributed by atoms with E-state index in [2.05, 4.69) is 4.98 Å². The molecule has 3 heteroatoms. The molecule has 0 N–H and O–H groups in total. The SMILES string of the molecule is CCc1cc(F)cc(Cl)n1. The van der Waals surface area contributed by atoms with Crippen molar-refractivity contribution < 1.29 is 4.39 Å². The van der Waals surface area contributed by atoms with Crippen LogP contribution < -0.4 is 0 Å². The van der Waals surface area contributed by atoms with Crippen molar-refractivity contribution in [2.75, 3.05) is 0 Å². The van der Waals surface area contributed by atoms with Gasteiger partial charge in [-0.15, -0.1) is 0 Å². The molecule has 10 heavy (non-hydrogen) atoms. The first-order valence-electron chi connectivity index (χ1n) is 3.04. The third-order valence-electron chi connectivity index (χ3n) is 1.17. The summed E-state index contributed by atoms with van der Waals surface area (Å²) in [5, 5.41) is 0.219. The molecule has 0 spiro atoms. The molecule has 0 aliphatic carbocycles. The van der Waals surface area contributed by atoms with Gasteiger partial charge in [0.05, 0.1) is 0 Å². The van der Waals surface area contributed by atoms with Crippen LogP contribution in [-0.2, 0) is 6.42 Å². The molecule has 0 unspecified atom stereocenters. The van der Waals surface area contributed by atoms with Gasteiger partial charge in [0.1, 0.15) is 11.0 Å². The second-order valence-electron chi connectivity index (χ2n) is 1.95. The quantitative estimate of drug-likeness (QED) is 0.574. The van der Waals surface area contributed by atoms with Gasteiger partial charge in [0, 0.05) is 11.8 Å². The van der Waals surface area contributed by atoms with Crippen molar-refractivity contribution in [3.8, 4) is 0 Å². The summed E-state index contributed by atoms with van der Waals surface area (Å²) in [5.41, 5.74) is 0.685. The van der Waals surface area contributed by atoms with Crippen LogP contribution in [0.3, 0.4) is 0 Å². The molecule has 0 aromatic carbocycles. The zero-order valence-electron chi connectivity index (χ0n) is 5.56. The highest BCUT2D eigenvalue weighted by molar-refractivity contribution is 6.29. The summed E-state index contributed by atoms with van der Waals surface area (Å²) in [6, 6.07) is 2.58. The molecule has 0 aliphatic rings. The van der Waals surface area contributed by atoms with Gasteiger partial charge in [-0.05, 0) is 12.5 Å². The Morgan fingerprint density at radius 2 is 2.30 bits per heavy atom. The molecule has 0 aliphatic heterocycles. The van der Waals surface area contributed by atoms with Crippen LogP contribution in [0, 0.1) is 5.82 Å². The summed E-state index contributed by atoms with van der Waals surface area (Å²) in [6.45, 7) is 1.90. The molecule has 0 radical (unpaired) electrons. The predicted octanol–water partition coefficient (Wildman–Crippen LogP) is 2.44. The summed E-state index contributed by atoms with van der Waals surface area (Å²) in [7, 11) is 0. The average molecular weight is 160 g/mol. The van der Waals surface area contributed by atoms with Crippen LogP contribution in [0.5, 0.6) is 0 Å². The fraction of sp³-hybridized carbons (Fsp3) is 0.286. The van der Waals surface area contributed by atoms with E-state index in [1.807, 2.05) is 6.92 Å². The second-order valence-corrected chi connectivity index (χ2v) is 2.34. The molecule has 0 saturated heterocycles. The highest BCUT2D eigenvalue weighted by atomic mass is 35.5. The van der Waals surface area contributed by atoms with E-state index < -0.39 is 0 Å². The highest BCUT2D eigenvalue weighted by Gasteiger charge is 1.97. The van der Waals surface area contributed by atoms with E-state index in [1.165, 1.54) is 12.1 Å². The highest BCUT2D eigenvalue weighted by Crippen LogP contribution is 2.09. The maximum atomic E-state index is 12.5. The van der Waals surface area contributed by atoms with Gasteiger partial charge < -0.3 is 0 Å². The average Bonchev–Trinajstić information content (AvgIpc) is 1.85. The van der Waals surface area contributed by atoms with Crippen LogP contribution in [0.4, 0.5) is 4.39 Å². The number of rotatable bonds is 1. The van der Waals surface area contributed by atoms with Gasteiger partial charge in [-0.3, -0.25) is 0 Å². The van der Waals surface area contributed by atoms with E-state index in [4.69, 9.17) is 11.6 Å². The minimum Gasteiger partial charge on any atom is -0.241 e. The summed E-state index contributed by atoms with van der Waals surface area (Å²) in [5.74, 6) is -0.322. The third kappa shape index (κ3) is 1.67. The predicted molar refractivity (Wildman–Crippen MR) is 38.6 cm³/mol. The Balaban J connectivity index is 3.06.